The Morgan fingerprint density at radius 1 is 1.44 bits per heavy atom. The van der Waals surface area contributed by atoms with Crippen LogP contribution in [0.2, 0.25) is 0 Å². The van der Waals surface area contributed by atoms with Gasteiger partial charge in [-0.3, -0.25) is 0 Å². The quantitative estimate of drug-likeness (QED) is 0.577. The van der Waals surface area contributed by atoms with Gasteiger partial charge in [0.2, 0.25) is 0 Å². The molecule has 0 bridgehead atoms. The maximum Gasteiger partial charge on any atom is 0.123 e. The van der Waals surface area contributed by atoms with Crippen molar-refractivity contribution < 1.29 is 4.39 Å². The molecule has 0 aliphatic rings. The van der Waals surface area contributed by atoms with E-state index in [0.717, 1.165) is 23.6 Å². The van der Waals surface area contributed by atoms with Crippen molar-refractivity contribution in [1.82, 2.24) is 5.32 Å². The van der Waals surface area contributed by atoms with E-state index in [1.807, 2.05) is 18.2 Å². The molecule has 0 radical (unpaired) electrons. The van der Waals surface area contributed by atoms with E-state index in [9.17, 15) is 4.39 Å². The molecular formula is C13H18FNS. The van der Waals surface area contributed by atoms with Gasteiger partial charge in [-0.05, 0) is 37.2 Å². The van der Waals surface area contributed by atoms with E-state index in [2.05, 4.69) is 18.8 Å². The molecule has 1 atom stereocenters. The molecule has 1 nitrogen and oxygen atoms in total. The zero-order valence-corrected chi connectivity index (χ0v) is 10.4. The van der Waals surface area contributed by atoms with Gasteiger partial charge in [-0.25, -0.2) is 4.39 Å². The first-order valence-corrected chi connectivity index (χ1v) is 6.47. The number of rotatable bonds is 7. The lowest BCUT2D eigenvalue weighted by molar-refractivity contribution is 0.582. The summed E-state index contributed by atoms with van der Waals surface area (Å²) in [5, 5.41) is 3.40. The fraction of sp³-hybridized carbons (Fsp3) is 0.385. The minimum Gasteiger partial charge on any atom is -0.313 e. The summed E-state index contributed by atoms with van der Waals surface area (Å²) in [5.41, 5.74) is 0. The Kier molecular flexibility index (Phi) is 6.19. The van der Waals surface area contributed by atoms with Crippen LogP contribution in [-0.2, 0) is 0 Å². The fourth-order valence-corrected chi connectivity index (χ4v) is 2.40. The van der Waals surface area contributed by atoms with E-state index >= 15 is 0 Å². The van der Waals surface area contributed by atoms with Crippen LogP contribution in [0, 0.1) is 5.82 Å². The van der Waals surface area contributed by atoms with Gasteiger partial charge in [0, 0.05) is 16.7 Å². The van der Waals surface area contributed by atoms with Crippen LogP contribution in [0.4, 0.5) is 4.39 Å². The molecule has 1 unspecified atom stereocenters. The highest BCUT2D eigenvalue weighted by atomic mass is 32.2. The fourth-order valence-electron chi connectivity index (χ4n) is 1.43. The van der Waals surface area contributed by atoms with Gasteiger partial charge in [0.1, 0.15) is 5.82 Å². The summed E-state index contributed by atoms with van der Waals surface area (Å²) in [4.78, 5) is 1.10. The lowest BCUT2D eigenvalue weighted by Gasteiger charge is -2.15. The minimum atomic E-state index is -0.182. The second-order valence-electron chi connectivity index (χ2n) is 3.54. The Morgan fingerprint density at radius 2 is 2.12 bits per heavy atom. The van der Waals surface area contributed by atoms with E-state index < -0.39 is 0 Å². The van der Waals surface area contributed by atoms with Crippen molar-refractivity contribution in [3.8, 4) is 0 Å². The van der Waals surface area contributed by atoms with Gasteiger partial charge >= 0.3 is 0 Å². The second-order valence-corrected chi connectivity index (χ2v) is 4.64. The Labute approximate surface area is 101 Å². The van der Waals surface area contributed by atoms with Gasteiger partial charge < -0.3 is 5.32 Å². The third-order valence-corrected chi connectivity index (χ3v) is 3.38. The van der Waals surface area contributed by atoms with Gasteiger partial charge in [0.25, 0.3) is 0 Å². The van der Waals surface area contributed by atoms with E-state index in [1.165, 1.54) is 12.1 Å². The molecule has 88 valence electrons. The lowest BCUT2D eigenvalue weighted by Crippen LogP contribution is -2.30. The molecule has 0 saturated carbocycles. The van der Waals surface area contributed by atoms with Crippen LogP contribution < -0.4 is 5.32 Å². The van der Waals surface area contributed by atoms with Crippen molar-refractivity contribution in [2.45, 2.75) is 24.3 Å². The summed E-state index contributed by atoms with van der Waals surface area (Å²) < 4.78 is 12.7. The Hall–Kier alpha value is -0.800. The predicted molar refractivity (Wildman–Crippen MR) is 69.4 cm³/mol. The van der Waals surface area contributed by atoms with Crippen molar-refractivity contribution in [3.05, 3.63) is 42.7 Å². The smallest absolute Gasteiger partial charge is 0.123 e. The number of benzene rings is 1. The highest BCUT2D eigenvalue weighted by Crippen LogP contribution is 2.19. The van der Waals surface area contributed by atoms with Crippen molar-refractivity contribution in [2.24, 2.45) is 0 Å². The molecule has 16 heavy (non-hydrogen) atoms. The lowest BCUT2D eigenvalue weighted by atomic mass is 10.2. The number of halogens is 1. The third kappa shape index (κ3) is 4.81. The number of hydrogen-bond acceptors (Lipinski definition) is 2. The first-order valence-electron chi connectivity index (χ1n) is 5.49. The highest BCUT2D eigenvalue weighted by Gasteiger charge is 2.05. The number of hydrogen-bond donors (Lipinski definition) is 1. The van der Waals surface area contributed by atoms with E-state index in [-0.39, 0.29) is 5.82 Å². The second kappa shape index (κ2) is 7.47. The molecule has 0 heterocycles. The maximum atomic E-state index is 12.7. The molecule has 3 heteroatoms. The summed E-state index contributed by atoms with van der Waals surface area (Å²) in [6.45, 7) is 6.81. The van der Waals surface area contributed by atoms with Crippen molar-refractivity contribution in [2.75, 3.05) is 12.3 Å². The predicted octanol–water partition coefficient (Wildman–Crippen LogP) is 3.47. The Balaban J connectivity index is 2.41. The third-order valence-electron chi connectivity index (χ3n) is 2.21. The molecule has 0 saturated heterocycles. The van der Waals surface area contributed by atoms with E-state index in [0.29, 0.717) is 6.04 Å². The summed E-state index contributed by atoms with van der Waals surface area (Å²) in [7, 11) is 0. The molecule has 0 spiro atoms. The highest BCUT2D eigenvalue weighted by molar-refractivity contribution is 7.99. The molecular weight excluding hydrogens is 221 g/mol. The molecule has 1 rings (SSSR count). The topological polar surface area (TPSA) is 12.0 Å². The molecule has 0 aromatic heterocycles. The number of nitrogens with one attached hydrogen (secondary N) is 1. The van der Waals surface area contributed by atoms with Gasteiger partial charge in [-0.15, -0.1) is 18.3 Å². The standard InChI is InChI=1S/C13H18FNS/c1-3-5-12(15-4-2)10-16-13-8-6-11(14)7-9-13/h3,6-9,12,15H,1,4-5,10H2,2H3. The first kappa shape index (κ1) is 13.3. The molecule has 1 aromatic rings. The van der Waals surface area contributed by atoms with Crippen molar-refractivity contribution in [3.63, 3.8) is 0 Å². The average Bonchev–Trinajstić information content (AvgIpc) is 2.29. The first-order chi connectivity index (χ1) is 7.76. The average molecular weight is 239 g/mol. The maximum absolute atomic E-state index is 12.7. The van der Waals surface area contributed by atoms with Crippen LogP contribution >= 0.6 is 11.8 Å². The van der Waals surface area contributed by atoms with Gasteiger partial charge in [-0.2, -0.15) is 0 Å². The monoisotopic (exact) mass is 239 g/mol. The van der Waals surface area contributed by atoms with Crippen LogP contribution in [0.5, 0.6) is 0 Å². The molecule has 0 aliphatic heterocycles. The minimum absolute atomic E-state index is 0.182. The van der Waals surface area contributed by atoms with Crippen LogP contribution in [0.25, 0.3) is 0 Å². The zero-order chi connectivity index (χ0) is 11.8. The summed E-state index contributed by atoms with van der Waals surface area (Å²) in [6.07, 6.45) is 2.89. The molecule has 1 aromatic carbocycles. The molecule has 0 aliphatic carbocycles. The Morgan fingerprint density at radius 3 is 2.69 bits per heavy atom. The van der Waals surface area contributed by atoms with Gasteiger partial charge in [0.05, 0.1) is 0 Å². The molecule has 0 fully saturated rings. The van der Waals surface area contributed by atoms with E-state index in [1.54, 1.807) is 11.8 Å². The zero-order valence-electron chi connectivity index (χ0n) is 9.58. The normalized spacial score (nSPS) is 12.4. The van der Waals surface area contributed by atoms with Crippen molar-refractivity contribution >= 4 is 11.8 Å². The SMILES string of the molecule is C=CCC(CSc1ccc(F)cc1)NCC. The van der Waals surface area contributed by atoms with Gasteiger partial charge in [0.15, 0.2) is 0 Å². The van der Waals surface area contributed by atoms with Crippen molar-refractivity contribution in [1.29, 1.82) is 0 Å². The summed E-state index contributed by atoms with van der Waals surface area (Å²) >= 11 is 1.74. The largest absolute Gasteiger partial charge is 0.313 e. The van der Waals surface area contributed by atoms with Crippen LogP contribution in [0.3, 0.4) is 0 Å². The molecule has 1 N–H and O–H groups in total. The molecule has 0 amide bonds. The summed E-state index contributed by atoms with van der Waals surface area (Å²) in [6, 6.07) is 7.07. The van der Waals surface area contributed by atoms with Gasteiger partial charge in [-0.1, -0.05) is 13.0 Å². The Bertz CT molecular complexity index is 310. The number of thioether (sulfide) groups is 1. The van der Waals surface area contributed by atoms with Crippen LogP contribution in [-0.4, -0.2) is 18.3 Å². The van der Waals surface area contributed by atoms with Crippen LogP contribution in [0.1, 0.15) is 13.3 Å². The van der Waals surface area contributed by atoms with E-state index in [4.69, 9.17) is 0 Å². The summed E-state index contributed by atoms with van der Waals surface area (Å²) in [5.74, 6) is 0.796. The van der Waals surface area contributed by atoms with Crippen LogP contribution in [0.15, 0.2) is 41.8 Å².